The fraction of sp³-hybridized carbons (Fsp3) is 1.00. The van der Waals surface area contributed by atoms with Crippen LogP contribution in [0, 0.1) is 0 Å². The molecule has 0 fully saturated rings. The van der Waals surface area contributed by atoms with Crippen molar-refractivity contribution in [3.63, 3.8) is 0 Å². The molecule has 0 aliphatic heterocycles. The molecule has 0 heterocycles. The summed E-state index contributed by atoms with van der Waals surface area (Å²) < 4.78 is 10.9. The molecule has 0 radical (unpaired) electrons. The first-order valence-electron chi connectivity index (χ1n) is 1.58. The maximum Gasteiger partial charge on any atom is 1.00 e. The number of hydrogen-bond acceptors (Lipinski definition) is 1. The summed E-state index contributed by atoms with van der Waals surface area (Å²) in [6, 6.07) is 0. The van der Waals surface area contributed by atoms with E-state index in [2.05, 4.69) is 12.6 Å². The van der Waals surface area contributed by atoms with Crippen LogP contribution in [0.5, 0.6) is 0 Å². The molecule has 0 saturated heterocycles. The first-order chi connectivity index (χ1) is 2.41. The normalized spacial score (nSPS) is 7.00. The van der Waals surface area contributed by atoms with Gasteiger partial charge in [-0.05, 0) is 12.2 Å². The zero-order valence-corrected chi connectivity index (χ0v) is 4.84. The molecule has 0 aromatic rings. The van der Waals surface area contributed by atoms with Crippen LogP contribution in [0.25, 0.3) is 0 Å². The van der Waals surface area contributed by atoms with Crippen LogP contribution in [0.3, 0.4) is 0 Å². The maximum absolute atomic E-state index is 10.9. The number of halogens is 1. The zero-order valence-electron chi connectivity index (χ0n) is 4.95. The van der Waals surface area contributed by atoms with Crippen molar-refractivity contribution in [2.75, 3.05) is 12.4 Å². The number of thiol groups is 1. The van der Waals surface area contributed by atoms with Crippen molar-refractivity contribution >= 4 is 12.6 Å². The van der Waals surface area contributed by atoms with Gasteiger partial charge in [-0.2, -0.15) is 12.6 Å². The predicted octanol–water partition coefficient (Wildman–Crippen LogP) is -1.61. The van der Waals surface area contributed by atoms with Crippen LogP contribution in [0.15, 0.2) is 0 Å². The third kappa shape index (κ3) is 8.86. The average molecular weight is 102 g/mol. The summed E-state index contributed by atoms with van der Waals surface area (Å²) >= 11 is 3.76. The summed E-state index contributed by atoms with van der Waals surface area (Å²) in [5.74, 6) is 0.663. The van der Waals surface area contributed by atoms with Gasteiger partial charge < -0.3 is 1.43 Å². The first-order valence-corrected chi connectivity index (χ1v) is 2.22. The van der Waals surface area contributed by atoms with E-state index in [1.54, 1.807) is 0 Å². The van der Waals surface area contributed by atoms with Gasteiger partial charge in [0.1, 0.15) is 0 Å². The van der Waals surface area contributed by atoms with Gasteiger partial charge in [0.2, 0.25) is 0 Å². The third-order valence-electron chi connectivity index (χ3n) is 0.292. The molecular formula is C3H8FLiS. The predicted molar refractivity (Wildman–Crippen MR) is 25.6 cm³/mol. The van der Waals surface area contributed by atoms with Crippen LogP contribution in [0.1, 0.15) is 7.85 Å². The molecule has 0 nitrogen and oxygen atoms in total. The van der Waals surface area contributed by atoms with E-state index < -0.39 is 0 Å². The van der Waals surface area contributed by atoms with Gasteiger partial charge in [-0.25, -0.2) is 0 Å². The van der Waals surface area contributed by atoms with Crippen molar-refractivity contribution in [1.82, 2.24) is 0 Å². The van der Waals surface area contributed by atoms with Crippen molar-refractivity contribution in [1.29, 1.82) is 0 Å². The molecule has 34 valence electrons. The van der Waals surface area contributed by atoms with Gasteiger partial charge in [0, 0.05) is 0 Å². The van der Waals surface area contributed by atoms with Crippen LogP contribution in [0.4, 0.5) is 4.39 Å². The quantitative estimate of drug-likeness (QED) is 0.315. The van der Waals surface area contributed by atoms with Gasteiger partial charge in [-0.3, -0.25) is 4.39 Å². The van der Waals surface area contributed by atoms with E-state index in [9.17, 15) is 4.39 Å². The Hall–Kier alpha value is 0.877. The van der Waals surface area contributed by atoms with E-state index in [-0.39, 0.29) is 27.0 Å². The van der Waals surface area contributed by atoms with Crippen molar-refractivity contribution in [2.45, 2.75) is 6.42 Å². The van der Waals surface area contributed by atoms with Crippen LogP contribution in [-0.2, 0) is 0 Å². The second kappa shape index (κ2) is 9.30. The Morgan fingerprint density at radius 1 is 1.67 bits per heavy atom. The minimum absolute atomic E-state index is 0. The standard InChI is InChI=1S/C3H7FS.Li.H/c4-2-1-3-5;;/h5H,1-3H2;;/q;+1;-1. The molecule has 0 aliphatic carbocycles. The molecule has 0 amide bonds. The smallest absolute Gasteiger partial charge is 1.00 e. The Morgan fingerprint density at radius 3 is 2.17 bits per heavy atom. The molecule has 0 aliphatic rings. The average Bonchev–Trinajstić information content (AvgIpc) is 1.41. The number of hydrogen-bond donors (Lipinski definition) is 1. The van der Waals surface area contributed by atoms with E-state index in [0.29, 0.717) is 12.2 Å². The first kappa shape index (κ1) is 9.99. The van der Waals surface area contributed by atoms with E-state index in [1.165, 1.54) is 0 Å². The molecule has 6 heavy (non-hydrogen) atoms. The van der Waals surface area contributed by atoms with E-state index in [1.807, 2.05) is 0 Å². The maximum atomic E-state index is 10.9. The molecule has 0 unspecified atom stereocenters. The molecule has 0 N–H and O–H groups in total. The number of rotatable bonds is 2. The Morgan fingerprint density at radius 2 is 2.17 bits per heavy atom. The Balaban J connectivity index is -0.0000000800. The molecule has 0 rings (SSSR count). The van der Waals surface area contributed by atoms with Crippen molar-refractivity contribution in [3.8, 4) is 0 Å². The monoisotopic (exact) mass is 102 g/mol. The van der Waals surface area contributed by atoms with Crippen molar-refractivity contribution < 1.29 is 24.7 Å². The van der Waals surface area contributed by atoms with Gasteiger partial charge in [0.25, 0.3) is 0 Å². The van der Waals surface area contributed by atoms with E-state index in [0.717, 1.165) is 0 Å². The molecular weight excluding hydrogens is 94.0 g/mol. The van der Waals surface area contributed by atoms with E-state index >= 15 is 0 Å². The molecule has 0 atom stereocenters. The zero-order chi connectivity index (χ0) is 4.12. The topological polar surface area (TPSA) is 0 Å². The summed E-state index contributed by atoms with van der Waals surface area (Å²) in [7, 11) is 0. The molecule has 0 aromatic heterocycles. The summed E-state index contributed by atoms with van der Waals surface area (Å²) in [6.07, 6.45) is 0.586. The van der Waals surface area contributed by atoms with Gasteiger partial charge in [0.15, 0.2) is 0 Å². The van der Waals surface area contributed by atoms with Gasteiger partial charge in [0.05, 0.1) is 6.67 Å². The van der Waals surface area contributed by atoms with Gasteiger partial charge >= 0.3 is 18.9 Å². The Bertz CT molecular complexity index is 22.4. The fourth-order valence-electron chi connectivity index (χ4n) is 0.0598. The second-order valence-corrected chi connectivity index (χ2v) is 1.21. The van der Waals surface area contributed by atoms with Crippen LogP contribution >= 0.6 is 12.6 Å². The van der Waals surface area contributed by atoms with Crippen LogP contribution < -0.4 is 18.9 Å². The summed E-state index contributed by atoms with van der Waals surface area (Å²) in [5, 5.41) is 0. The Kier molecular flexibility index (Phi) is 15.5. The van der Waals surface area contributed by atoms with Crippen LogP contribution in [0.2, 0.25) is 0 Å². The van der Waals surface area contributed by atoms with Crippen molar-refractivity contribution in [2.24, 2.45) is 0 Å². The van der Waals surface area contributed by atoms with Gasteiger partial charge in [-0.1, -0.05) is 0 Å². The number of alkyl halides is 1. The molecule has 0 spiro atoms. The largest absolute Gasteiger partial charge is 1.00 e. The van der Waals surface area contributed by atoms with E-state index in [4.69, 9.17) is 0 Å². The Labute approximate surface area is 56.6 Å². The minimum atomic E-state index is -0.233. The summed E-state index contributed by atoms with van der Waals surface area (Å²) in [4.78, 5) is 0. The molecule has 0 aromatic carbocycles. The second-order valence-electron chi connectivity index (χ2n) is 0.766. The fourth-order valence-corrected chi connectivity index (χ4v) is 0.179. The van der Waals surface area contributed by atoms with Crippen molar-refractivity contribution in [3.05, 3.63) is 0 Å². The third-order valence-corrected chi connectivity index (χ3v) is 0.608. The van der Waals surface area contributed by atoms with Gasteiger partial charge in [-0.15, -0.1) is 0 Å². The van der Waals surface area contributed by atoms with Crippen LogP contribution in [-0.4, -0.2) is 12.4 Å². The molecule has 0 bridgehead atoms. The summed E-state index contributed by atoms with van der Waals surface area (Å²) in [6.45, 7) is -0.233. The summed E-state index contributed by atoms with van der Waals surface area (Å²) in [5.41, 5.74) is 0. The minimum Gasteiger partial charge on any atom is -1.00 e. The SMILES string of the molecule is FCCCS.[H-].[Li+]. The molecule has 3 heteroatoms. The molecule has 0 saturated carbocycles.